The molecule has 0 unspecified atom stereocenters. The summed E-state index contributed by atoms with van der Waals surface area (Å²) in [7, 11) is 0. The molecule has 4 nitrogen and oxygen atoms in total. The zero-order chi connectivity index (χ0) is 12.6. The van der Waals surface area contributed by atoms with E-state index in [1.54, 1.807) is 6.92 Å². The van der Waals surface area contributed by atoms with Gasteiger partial charge in [-0.2, -0.15) is 0 Å². The second kappa shape index (κ2) is 4.16. The minimum atomic E-state index is -1.34. The van der Waals surface area contributed by atoms with Crippen molar-refractivity contribution in [3.8, 4) is 0 Å². The summed E-state index contributed by atoms with van der Waals surface area (Å²) >= 11 is 0. The second-order valence-corrected chi connectivity index (χ2v) is 4.22. The van der Waals surface area contributed by atoms with Crippen molar-refractivity contribution in [3.63, 3.8) is 0 Å². The molecule has 0 bridgehead atoms. The topological polar surface area (TPSA) is 66.4 Å². The third kappa shape index (κ3) is 2.43. The number of aromatic carboxylic acids is 1. The molecule has 1 amide bonds. The van der Waals surface area contributed by atoms with Gasteiger partial charge in [0, 0.05) is 11.6 Å². The zero-order valence-electron chi connectivity index (χ0n) is 9.29. The maximum Gasteiger partial charge on any atom is 0.338 e. The molecule has 1 aromatic carbocycles. The van der Waals surface area contributed by atoms with Crippen molar-refractivity contribution in [3.05, 3.63) is 29.1 Å². The molecule has 0 aromatic heterocycles. The molecule has 1 fully saturated rings. The molecule has 2 N–H and O–H groups in total. The van der Waals surface area contributed by atoms with Gasteiger partial charge in [-0.05, 0) is 37.5 Å². The van der Waals surface area contributed by atoms with Crippen LogP contribution in [0.15, 0.2) is 12.1 Å². The molecule has 2 rings (SSSR count). The number of carboxylic acids is 1. The zero-order valence-corrected chi connectivity index (χ0v) is 9.29. The number of carbonyl (C=O) groups is 2. The largest absolute Gasteiger partial charge is 0.478 e. The monoisotopic (exact) mass is 237 g/mol. The number of carbonyl (C=O) groups excluding carboxylic acids is 1. The first-order valence-electron chi connectivity index (χ1n) is 5.33. The van der Waals surface area contributed by atoms with E-state index in [1.165, 1.54) is 0 Å². The summed E-state index contributed by atoms with van der Waals surface area (Å²) in [4.78, 5) is 22.3. The maximum absolute atomic E-state index is 13.3. The lowest BCUT2D eigenvalue weighted by atomic mass is 10.1. The van der Waals surface area contributed by atoms with Crippen molar-refractivity contribution >= 4 is 17.6 Å². The molecule has 0 radical (unpaired) electrons. The summed E-state index contributed by atoms with van der Waals surface area (Å²) in [5.74, 6) is -2.24. The predicted molar refractivity (Wildman–Crippen MR) is 59.5 cm³/mol. The number of rotatable bonds is 3. The fourth-order valence-corrected chi connectivity index (χ4v) is 1.55. The van der Waals surface area contributed by atoms with Gasteiger partial charge in [-0.1, -0.05) is 0 Å². The highest BCUT2D eigenvalue weighted by Gasteiger charge is 2.30. The standard InChI is InChI=1S/C12H12FNO3/c1-6-4-9(13)8(12(16)17)5-10(6)14-11(15)7-2-3-7/h4-5,7H,2-3H2,1H3,(H,14,15)(H,16,17). The van der Waals surface area contributed by atoms with Gasteiger partial charge in [-0.15, -0.1) is 0 Å². The van der Waals surface area contributed by atoms with Crippen molar-refractivity contribution in [2.45, 2.75) is 19.8 Å². The molecule has 1 aliphatic carbocycles. The van der Waals surface area contributed by atoms with Crippen molar-refractivity contribution in [2.24, 2.45) is 5.92 Å². The molecule has 0 atom stereocenters. The minimum absolute atomic E-state index is 0.0210. The lowest BCUT2D eigenvalue weighted by Crippen LogP contribution is -2.15. The minimum Gasteiger partial charge on any atom is -0.478 e. The van der Waals surface area contributed by atoms with Crippen LogP contribution in [0.2, 0.25) is 0 Å². The number of hydrogen-bond acceptors (Lipinski definition) is 2. The van der Waals surface area contributed by atoms with E-state index in [2.05, 4.69) is 5.32 Å². The van der Waals surface area contributed by atoms with E-state index in [-0.39, 0.29) is 11.8 Å². The van der Waals surface area contributed by atoms with E-state index >= 15 is 0 Å². The average Bonchev–Trinajstić information content (AvgIpc) is 3.04. The molecule has 0 spiro atoms. The Labute approximate surface area is 97.4 Å². The fourth-order valence-electron chi connectivity index (χ4n) is 1.55. The quantitative estimate of drug-likeness (QED) is 0.846. The fraction of sp³-hybridized carbons (Fsp3) is 0.333. The molecule has 1 aliphatic rings. The van der Waals surface area contributed by atoms with Crippen LogP contribution in [0.4, 0.5) is 10.1 Å². The third-order valence-electron chi connectivity index (χ3n) is 2.75. The molecule has 0 heterocycles. The van der Waals surface area contributed by atoms with Gasteiger partial charge in [0.1, 0.15) is 5.82 Å². The van der Waals surface area contributed by atoms with Gasteiger partial charge in [0.25, 0.3) is 0 Å². The summed E-state index contributed by atoms with van der Waals surface area (Å²) in [5.41, 5.74) is 0.448. The van der Waals surface area contributed by atoms with E-state index in [0.29, 0.717) is 11.3 Å². The molecule has 17 heavy (non-hydrogen) atoms. The Hall–Kier alpha value is -1.91. The van der Waals surface area contributed by atoms with Crippen molar-refractivity contribution in [2.75, 3.05) is 5.32 Å². The van der Waals surface area contributed by atoms with Gasteiger partial charge in [0.15, 0.2) is 0 Å². The van der Waals surface area contributed by atoms with Crippen LogP contribution >= 0.6 is 0 Å². The molecular formula is C12H12FNO3. The molecule has 0 saturated heterocycles. The van der Waals surface area contributed by atoms with Gasteiger partial charge in [0.2, 0.25) is 5.91 Å². The number of benzene rings is 1. The van der Waals surface area contributed by atoms with Gasteiger partial charge in [0.05, 0.1) is 5.56 Å². The first-order chi connectivity index (χ1) is 7.99. The maximum atomic E-state index is 13.3. The summed E-state index contributed by atoms with van der Waals surface area (Å²) in [6.45, 7) is 1.62. The normalized spacial score (nSPS) is 14.5. The Kier molecular flexibility index (Phi) is 2.83. The first kappa shape index (κ1) is 11.6. The van der Waals surface area contributed by atoms with Gasteiger partial charge in [-0.3, -0.25) is 4.79 Å². The number of aryl methyl sites for hydroxylation is 1. The predicted octanol–water partition coefficient (Wildman–Crippen LogP) is 2.18. The summed E-state index contributed by atoms with van der Waals surface area (Å²) < 4.78 is 13.3. The molecule has 1 saturated carbocycles. The SMILES string of the molecule is Cc1cc(F)c(C(=O)O)cc1NC(=O)C1CC1. The van der Waals surface area contributed by atoms with Crippen LogP contribution in [0.25, 0.3) is 0 Å². The van der Waals surface area contributed by atoms with Crippen LogP contribution in [0.1, 0.15) is 28.8 Å². The average molecular weight is 237 g/mol. The summed E-state index contributed by atoms with van der Waals surface area (Å²) in [6, 6.07) is 2.28. The van der Waals surface area contributed by atoms with Crippen LogP contribution in [-0.4, -0.2) is 17.0 Å². The third-order valence-corrected chi connectivity index (χ3v) is 2.75. The number of carboxylic acid groups (broad SMARTS) is 1. The van der Waals surface area contributed by atoms with E-state index in [0.717, 1.165) is 25.0 Å². The van der Waals surface area contributed by atoms with Crippen molar-refractivity contribution in [1.82, 2.24) is 0 Å². The van der Waals surface area contributed by atoms with E-state index in [9.17, 15) is 14.0 Å². The highest BCUT2D eigenvalue weighted by atomic mass is 19.1. The van der Waals surface area contributed by atoms with E-state index < -0.39 is 17.3 Å². The van der Waals surface area contributed by atoms with Crippen molar-refractivity contribution < 1.29 is 19.1 Å². The van der Waals surface area contributed by atoms with Crippen LogP contribution in [0.3, 0.4) is 0 Å². The van der Waals surface area contributed by atoms with Crippen LogP contribution in [0, 0.1) is 18.7 Å². The summed E-state index contributed by atoms with van der Waals surface area (Å²) in [5, 5.41) is 11.4. The molecular weight excluding hydrogens is 225 g/mol. The Balaban J connectivity index is 2.29. The van der Waals surface area contributed by atoms with Crippen molar-refractivity contribution in [1.29, 1.82) is 0 Å². The highest BCUT2D eigenvalue weighted by Crippen LogP contribution is 2.31. The number of anilines is 1. The lowest BCUT2D eigenvalue weighted by Gasteiger charge is -2.09. The second-order valence-electron chi connectivity index (χ2n) is 4.22. The Bertz CT molecular complexity index is 495. The Morgan fingerprint density at radius 3 is 2.59 bits per heavy atom. The number of nitrogens with one attached hydrogen (secondary N) is 1. The number of hydrogen-bond donors (Lipinski definition) is 2. The smallest absolute Gasteiger partial charge is 0.338 e. The lowest BCUT2D eigenvalue weighted by molar-refractivity contribution is -0.117. The van der Waals surface area contributed by atoms with E-state index in [1.807, 2.05) is 0 Å². The molecule has 90 valence electrons. The molecule has 1 aromatic rings. The number of halogens is 1. The number of amides is 1. The van der Waals surface area contributed by atoms with Gasteiger partial charge in [-0.25, -0.2) is 9.18 Å². The Morgan fingerprint density at radius 2 is 2.06 bits per heavy atom. The Morgan fingerprint density at radius 1 is 1.41 bits per heavy atom. The van der Waals surface area contributed by atoms with Crippen LogP contribution in [-0.2, 0) is 4.79 Å². The van der Waals surface area contributed by atoms with Crippen LogP contribution in [0.5, 0.6) is 0 Å². The van der Waals surface area contributed by atoms with E-state index in [4.69, 9.17) is 5.11 Å². The molecule has 5 heteroatoms. The van der Waals surface area contributed by atoms with Gasteiger partial charge < -0.3 is 10.4 Å². The summed E-state index contributed by atoms with van der Waals surface area (Å²) in [6.07, 6.45) is 1.72. The first-order valence-corrected chi connectivity index (χ1v) is 5.33. The molecule has 0 aliphatic heterocycles. The van der Waals surface area contributed by atoms with Gasteiger partial charge >= 0.3 is 5.97 Å². The van der Waals surface area contributed by atoms with Crippen LogP contribution < -0.4 is 5.32 Å². The highest BCUT2D eigenvalue weighted by molar-refractivity contribution is 5.96.